The second-order valence-electron chi connectivity index (χ2n) is 11.0. The molecule has 1 aliphatic heterocycles. The first kappa shape index (κ1) is 23.7. The Hall–Kier alpha value is -2.45. The normalized spacial score (nSPS) is 31.3. The molecule has 0 aromatic rings. The van der Waals surface area contributed by atoms with E-state index < -0.39 is 36.6 Å². The predicted molar refractivity (Wildman–Crippen MR) is 121 cm³/mol. The first-order valence-electron chi connectivity index (χ1n) is 12.2. The zero-order valence-electron chi connectivity index (χ0n) is 20.2. The van der Waals surface area contributed by atoms with Gasteiger partial charge in [-0.25, -0.2) is 10.2 Å². The van der Waals surface area contributed by atoms with Gasteiger partial charge in [0.1, 0.15) is 12.1 Å². The van der Waals surface area contributed by atoms with Crippen molar-refractivity contribution < 1.29 is 23.9 Å². The van der Waals surface area contributed by atoms with Crippen LogP contribution in [0.4, 0.5) is 4.79 Å². The zero-order valence-corrected chi connectivity index (χ0v) is 20.2. The van der Waals surface area contributed by atoms with Crippen molar-refractivity contribution in [3.05, 3.63) is 0 Å². The van der Waals surface area contributed by atoms with E-state index in [1.165, 1.54) is 6.42 Å². The van der Waals surface area contributed by atoms with Crippen molar-refractivity contribution >= 4 is 29.5 Å². The first-order chi connectivity index (χ1) is 15.5. The van der Waals surface area contributed by atoms with E-state index in [9.17, 15) is 19.2 Å². The lowest BCUT2D eigenvalue weighted by atomic mass is 9.70. The molecule has 33 heavy (non-hydrogen) atoms. The molecule has 182 valence electrons. The summed E-state index contributed by atoms with van der Waals surface area (Å²) >= 11 is 0. The Bertz CT molecular complexity index is 889. The van der Waals surface area contributed by atoms with Crippen LogP contribution in [0.1, 0.15) is 79.1 Å². The van der Waals surface area contributed by atoms with Crippen molar-refractivity contribution in [2.45, 2.75) is 84.6 Å². The number of amides is 4. The van der Waals surface area contributed by atoms with Gasteiger partial charge in [-0.1, -0.05) is 34.1 Å². The van der Waals surface area contributed by atoms with Crippen LogP contribution < -0.4 is 10.7 Å². The summed E-state index contributed by atoms with van der Waals surface area (Å²) in [7, 11) is 0. The topological polar surface area (TPSA) is 117 Å². The van der Waals surface area contributed by atoms with E-state index in [0.717, 1.165) is 42.7 Å². The Morgan fingerprint density at radius 2 is 1.85 bits per heavy atom. The molecule has 3 aliphatic carbocycles. The second kappa shape index (κ2) is 8.40. The van der Waals surface area contributed by atoms with Crippen LogP contribution in [0.3, 0.4) is 0 Å². The fourth-order valence-corrected chi connectivity index (χ4v) is 6.32. The molecular formula is C24H36N4O5. The number of carbonyl (C=O) groups excluding carboxylic acids is 4. The molecule has 4 fully saturated rings. The average Bonchev–Trinajstić information content (AvgIpc) is 3.23. The van der Waals surface area contributed by atoms with Gasteiger partial charge in [0.25, 0.3) is 11.8 Å². The van der Waals surface area contributed by atoms with E-state index >= 15 is 0 Å². The minimum Gasteiger partial charge on any atom is -0.454 e. The van der Waals surface area contributed by atoms with Crippen LogP contribution in [-0.2, 0) is 19.1 Å². The van der Waals surface area contributed by atoms with Crippen LogP contribution in [0.25, 0.3) is 0 Å². The molecule has 2 N–H and O–H groups in total. The largest absolute Gasteiger partial charge is 0.454 e. The van der Waals surface area contributed by atoms with Gasteiger partial charge in [-0.3, -0.25) is 19.3 Å². The lowest BCUT2D eigenvalue weighted by molar-refractivity contribution is -0.151. The molecule has 9 nitrogen and oxygen atoms in total. The number of fused-ring (bicyclic) bond motifs is 2. The van der Waals surface area contributed by atoms with E-state index in [-0.39, 0.29) is 16.7 Å². The number of hydrogen-bond acceptors (Lipinski definition) is 6. The second-order valence-corrected chi connectivity index (χ2v) is 11.0. The van der Waals surface area contributed by atoms with Crippen molar-refractivity contribution in [3.63, 3.8) is 0 Å². The Balaban J connectivity index is 1.26. The van der Waals surface area contributed by atoms with Crippen molar-refractivity contribution in [3.8, 4) is 0 Å². The standard InChI is InChI=1S/C24H36N4O5/c1-5-15-6-10-24(11-7-15)20(31)28(21(32)25-24)13-19(30)33-14-18(29)27-26-17-12-16-8-9-23(17,4)22(16,2)3/h15-16H,5-14H2,1-4H3,(H,25,32)(H,27,29)/b26-17+. The summed E-state index contributed by atoms with van der Waals surface area (Å²) in [5.74, 6) is -0.572. The van der Waals surface area contributed by atoms with Crippen molar-refractivity contribution in [2.75, 3.05) is 13.2 Å². The van der Waals surface area contributed by atoms with Gasteiger partial charge in [-0.05, 0) is 62.2 Å². The number of urea groups is 1. The van der Waals surface area contributed by atoms with Gasteiger partial charge < -0.3 is 10.1 Å². The number of carbonyl (C=O) groups is 4. The summed E-state index contributed by atoms with van der Waals surface area (Å²) in [6.07, 6.45) is 7.08. The summed E-state index contributed by atoms with van der Waals surface area (Å²) in [5, 5.41) is 7.14. The minimum absolute atomic E-state index is 0.0304. The van der Waals surface area contributed by atoms with Gasteiger partial charge in [-0.15, -0.1) is 0 Å². The molecule has 0 aromatic heterocycles. The molecular weight excluding hydrogens is 424 g/mol. The van der Waals surface area contributed by atoms with Gasteiger partial charge in [0.15, 0.2) is 6.61 Å². The monoisotopic (exact) mass is 460 g/mol. The minimum atomic E-state index is -0.902. The fourth-order valence-electron chi connectivity index (χ4n) is 6.32. The first-order valence-corrected chi connectivity index (χ1v) is 12.2. The van der Waals surface area contributed by atoms with Crippen LogP contribution in [0.2, 0.25) is 0 Å². The van der Waals surface area contributed by atoms with Gasteiger partial charge in [0.2, 0.25) is 0 Å². The molecule has 4 aliphatic rings. The van der Waals surface area contributed by atoms with Gasteiger partial charge in [0, 0.05) is 11.1 Å². The highest BCUT2D eigenvalue weighted by molar-refractivity contribution is 6.08. The van der Waals surface area contributed by atoms with E-state index in [4.69, 9.17) is 4.74 Å². The molecule has 0 aromatic carbocycles. The van der Waals surface area contributed by atoms with Crippen molar-refractivity contribution in [2.24, 2.45) is 27.8 Å². The van der Waals surface area contributed by atoms with Gasteiger partial charge in [-0.2, -0.15) is 5.10 Å². The number of nitrogens with one attached hydrogen (secondary N) is 2. The number of nitrogens with zero attached hydrogens (tertiary/aromatic N) is 2. The number of rotatable bonds is 6. The zero-order chi connectivity index (χ0) is 24.0. The van der Waals surface area contributed by atoms with Crippen LogP contribution in [0.15, 0.2) is 5.10 Å². The van der Waals surface area contributed by atoms with E-state index in [0.29, 0.717) is 24.7 Å². The molecule has 4 rings (SSSR count). The predicted octanol–water partition coefficient (Wildman–Crippen LogP) is 2.74. The number of imide groups is 1. The number of hydrogen-bond donors (Lipinski definition) is 2. The Labute approximate surface area is 195 Å². The fraction of sp³-hybridized carbons (Fsp3) is 0.792. The van der Waals surface area contributed by atoms with Gasteiger partial charge >= 0.3 is 12.0 Å². The molecule has 1 spiro atoms. The third-order valence-corrected chi connectivity index (χ3v) is 9.26. The molecule has 2 bridgehead atoms. The maximum atomic E-state index is 12.9. The third-order valence-electron chi connectivity index (χ3n) is 9.26. The molecule has 1 saturated heterocycles. The Morgan fingerprint density at radius 1 is 1.15 bits per heavy atom. The van der Waals surface area contributed by atoms with Crippen LogP contribution in [-0.4, -0.2) is 53.1 Å². The highest BCUT2D eigenvalue weighted by atomic mass is 16.5. The maximum absolute atomic E-state index is 12.9. The lowest BCUT2D eigenvalue weighted by Gasteiger charge is -2.34. The summed E-state index contributed by atoms with van der Waals surface area (Å²) in [6, 6.07) is -0.574. The summed E-state index contributed by atoms with van der Waals surface area (Å²) in [6.45, 7) is 7.83. The smallest absolute Gasteiger partial charge is 0.326 e. The lowest BCUT2D eigenvalue weighted by Crippen LogP contribution is -2.49. The average molecular weight is 461 g/mol. The molecule has 4 amide bonds. The van der Waals surface area contributed by atoms with E-state index in [2.05, 4.69) is 43.5 Å². The number of esters is 1. The van der Waals surface area contributed by atoms with Gasteiger partial charge in [0.05, 0.1) is 0 Å². The van der Waals surface area contributed by atoms with Crippen LogP contribution in [0.5, 0.6) is 0 Å². The molecule has 2 unspecified atom stereocenters. The summed E-state index contributed by atoms with van der Waals surface area (Å²) in [5.41, 5.74) is 2.72. The summed E-state index contributed by atoms with van der Waals surface area (Å²) in [4.78, 5) is 50.6. The Kier molecular flexibility index (Phi) is 6.03. The molecule has 9 heteroatoms. The third kappa shape index (κ3) is 3.93. The van der Waals surface area contributed by atoms with Crippen LogP contribution >= 0.6 is 0 Å². The maximum Gasteiger partial charge on any atom is 0.326 e. The van der Waals surface area contributed by atoms with E-state index in [1.807, 2.05) is 0 Å². The highest BCUT2D eigenvalue weighted by Gasteiger charge is 2.60. The Morgan fingerprint density at radius 3 is 2.42 bits per heavy atom. The number of ether oxygens (including phenoxy) is 1. The summed E-state index contributed by atoms with van der Waals surface area (Å²) < 4.78 is 5.02. The SMILES string of the molecule is CCC1CCC2(CC1)NC(=O)N(CC(=O)OCC(=O)N/N=C1\CC3CCC1(C)C3(C)C)C2=O. The number of hydrazone groups is 1. The van der Waals surface area contributed by atoms with Crippen molar-refractivity contribution in [1.29, 1.82) is 0 Å². The molecule has 1 heterocycles. The van der Waals surface area contributed by atoms with Crippen LogP contribution in [0, 0.1) is 22.7 Å². The highest BCUT2D eigenvalue weighted by Crippen LogP contribution is 2.63. The molecule has 0 radical (unpaired) electrons. The van der Waals surface area contributed by atoms with E-state index in [1.54, 1.807) is 0 Å². The quantitative estimate of drug-likeness (QED) is 0.359. The molecule has 3 saturated carbocycles. The molecule has 2 atom stereocenters. The van der Waals surface area contributed by atoms with Crippen molar-refractivity contribution in [1.82, 2.24) is 15.6 Å².